The monoisotopic (exact) mass is 475 g/mol. The molecule has 0 aromatic heterocycles. The molecule has 34 heavy (non-hydrogen) atoms. The number of ether oxygens (including phenoxy) is 1. The zero-order chi connectivity index (χ0) is 24.8. The number of rotatable bonds is 10. The SMILES string of the molecule is CCC(C)C(=O)OC1CC(C)C=C2C=CC(C)C(CCC(O)CC(O)CC(=O)N3CCCC3)C21. The van der Waals surface area contributed by atoms with Crippen LogP contribution < -0.4 is 0 Å². The third-order valence-electron chi connectivity index (χ3n) is 8.12. The summed E-state index contributed by atoms with van der Waals surface area (Å²) in [5.74, 6) is 0.830. The molecule has 1 saturated heterocycles. The Hall–Kier alpha value is -1.66. The van der Waals surface area contributed by atoms with E-state index in [2.05, 4.69) is 32.1 Å². The molecule has 8 atom stereocenters. The van der Waals surface area contributed by atoms with Crippen molar-refractivity contribution in [1.29, 1.82) is 0 Å². The van der Waals surface area contributed by atoms with Gasteiger partial charge in [-0.1, -0.05) is 45.9 Å². The van der Waals surface area contributed by atoms with Gasteiger partial charge in [-0.15, -0.1) is 0 Å². The van der Waals surface area contributed by atoms with Crippen molar-refractivity contribution in [1.82, 2.24) is 4.90 Å². The predicted octanol–water partition coefficient (Wildman–Crippen LogP) is 4.25. The Morgan fingerprint density at radius 2 is 1.88 bits per heavy atom. The van der Waals surface area contributed by atoms with Gasteiger partial charge >= 0.3 is 5.97 Å². The first-order chi connectivity index (χ1) is 16.2. The van der Waals surface area contributed by atoms with Crippen molar-refractivity contribution in [2.45, 2.75) is 97.4 Å². The number of nitrogens with zero attached hydrogens (tertiary/aromatic N) is 1. The van der Waals surface area contributed by atoms with Crippen LogP contribution in [0.2, 0.25) is 0 Å². The summed E-state index contributed by atoms with van der Waals surface area (Å²) < 4.78 is 6.07. The number of aliphatic hydroxyl groups excluding tert-OH is 2. The fourth-order valence-electron chi connectivity index (χ4n) is 5.85. The van der Waals surface area contributed by atoms with Crippen molar-refractivity contribution in [3.8, 4) is 0 Å². The number of likely N-dealkylation sites (tertiary alicyclic amines) is 1. The maximum absolute atomic E-state index is 12.6. The maximum atomic E-state index is 12.6. The van der Waals surface area contributed by atoms with Crippen LogP contribution in [0.3, 0.4) is 0 Å². The van der Waals surface area contributed by atoms with Gasteiger partial charge in [0.25, 0.3) is 0 Å². The quantitative estimate of drug-likeness (QED) is 0.461. The number of hydrogen-bond acceptors (Lipinski definition) is 5. The van der Waals surface area contributed by atoms with Gasteiger partial charge in [-0.3, -0.25) is 9.59 Å². The smallest absolute Gasteiger partial charge is 0.308 e. The largest absolute Gasteiger partial charge is 0.461 e. The summed E-state index contributed by atoms with van der Waals surface area (Å²) in [5.41, 5.74) is 1.24. The van der Waals surface area contributed by atoms with Gasteiger partial charge < -0.3 is 19.8 Å². The van der Waals surface area contributed by atoms with Gasteiger partial charge in [-0.05, 0) is 68.3 Å². The minimum atomic E-state index is -0.818. The molecule has 0 aromatic carbocycles. The van der Waals surface area contributed by atoms with Crippen LogP contribution in [-0.2, 0) is 14.3 Å². The highest BCUT2D eigenvalue weighted by Gasteiger charge is 2.41. The van der Waals surface area contributed by atoms with Crippen LogP contribution in [0, 0.1) is 29.6 Å². The summed E-state index contributed by atoms with van der Waals surface area (Å²) >= 11 is 0. The number of fused-ring (bicyclic) bond motifs is 1. The van der Waals surface area contributed by atoms with E-state index in [9.17, 15) is 19.8 Å². The lowest BCUT2D eigenvalue weighted by Gasteiger charge is -2.43. The normalized spacial score (nSPS) is 31.4. The van der Waals surface area contributed by atoms with E-state index in [1.165, 1.54) is 5.57 Å². The van der Waals surface area contributed by atoms with Crippen molar-refractivity contribution >= 4 is 11.9 Å². The summed E-state index contributed by atoms with van der Waals surface area (Å²) in [5, 5.41) is 21.1. The first kappa shape index (κ1) is 26.9. The van der Waals surface area contributed by atoms with E-state index in [-0.39, 0.29) is 48.6 Å². The number of aliphatic hydroxyl groups is 2. The third kappa shape index (κ3) is 6.94. The Morgan fingerprint density at radius 3 is 2.56 bits per heavy atom. The molecular formula is C28H45NO5. The van der Waals surface area contributed by atoms with Crippen LogP contribution in [0.15, 0.2) is 23.8 Å². The highest BCUT2D eigenvalue weighted by Crippen LogP contribution is 2.45. The molecule has 1 aliphatic heterocycles. The molecule has 2 N–H and O–H groups in total. The van der Waals surface area contributed by atoms with Gasteiger partial charge in [-0.25, -0.2) is 0 Å². The summed E-state index contributed by atoms with van der Waals surface area (Å²) in [7, 11) is 0. The van der Waals surface area contributed by atoms with Gasteiger partial charge in [0, 0.05) is 19.0 Å². The second-order valence-corrected chi connectivity index (χ2v) is 11.0. The highest BCUT2D eigenvalue weighted by molar-refractivity contribution is 5.76. The molecule has 8 unspecified atom stereocenters. The van der Waals surface area contributed by atoms with Crippen molar-refractivity contribution in [3.63, 3.8) is 0 Å². The molecule has 2 aliphatic carbocycles. The Bertz CT molecular complexity index is 756. The van der Waals surface area contributed by atoms with E-state index >= 15 is 0 Å². The number of amides is 1. The standard InChI is InChI=1S/C28H45NO5/c1-5-19(3)28(33)34-25-15-18(2)14-21-9-8-20(4)24(27(21)25)11-10-22(30)16-23(31)17-26(32)29-12-6-7-13-29/h8-9,14,18-20,22-25,27,30-31H,5-7,10-13,15-17H2,1-4H3. The van der Waals surface area contributed by atoms with Gasteiger partial charge in [0.1, 0.15) is 6.10 Å². The van der Waals surface area contributed by atoms with Crippen molar-refractivity contribution in [3.05, 3.63) is 23.8 Å². The summed E-state index contributed by atoms with van der Waals surface area (Å²) in [4.78, 5) is 26.7. The van der Waals surface area contributed by atoms with Gasteiger partial charge in [0.05, 0.1) is 24.5 Å². The van der Waals surface area contributed by atoms with Crippen LogP contribution in [0.25, 0.3) is 0 Å². The van der Waals surface area contributed by atoms with Gasteiger partial charge in [0.2, 0.25) is 5.91 Å². The first-order valence-electron chi connectivity index (χ1n) is 13.4. The molecule has 0 saturated carbocycles. The van der Waals surface area contributed by atoms with E-state index in [0.717, 1.165) is 45.2 Å². The Morgan fingerprint density at radius 1 is 1.18 bits per heavy atom. The molecule has 1 fully saturated rings. The molecule has 3 rings (SSSR count). The number of allylic oxidation sites excluding steroid dienone is 3. The van der Waals surface area contributed by atoms with Gasteiger partial charge in [-0.2, -0.15) is 0 Å². The fourth-order valence-corrected chi connectivity index (χ4v) is 5.85. The van der Waals surface area contributed by atoms with E-state index in [1.807, 2.05) is 18.7 Å². The molecule has 6 heteroatoms. The lowest BCUT2D eigenvalue weighted by atomic mass is 9.65. The minimum absolute atomic E-state index is 0.0136. The summed E-state index contributed by atoms with van der Waals surface area (Å²) in [6.07, 6.45) is 10.4. The maximum Gasteiger partial charge on any atom is 0.308 e. The molecule has 0 bridgehead atoms. The van der Waals surface area contributed by atoms with E-state index < -0.39 is 12.2 Å². The molecule has 0 spiro atoms. The topological polar surface area (TPSA) is 87.1 Å². The Labute approximate surface area is 205 Å². The van der Waals surface area contributed by atoms with Crippen LogP contribution in [-0.4, -0.2) is 58.4 Å². The number of carbonyl (C=O) groups excluding carboxylic acids is 2. The summed E-state index contributed by atoms with van der Waals surface area (Å²) in [6.45, 7) is 9.84. The average molecular weight is 476 g/mol. The minimum Gasteiger partial charge on any atom is -0.461 e. The zero-order valence-electron chi connectivity index (χ0n) is 21.5. The van der Waals surface area contributed by atoms with Crippen molar-refractivity contribution in [2.24, 2.45) is 29.6 Å². The predicted molar refractivity (Wildman–Crippen MR) is 133 cm³/mol. The molecule has 0 aromatic rings. The Balaban J connectivity index is 1.59. The molecule has 1 amide bonds. The number of esters is 1. The highest BCUT2D eigenvalue weighted by atomic mass is 16.5. The number of carbonyl (C=O) groups is 2. The van der Waals surface area contributed by atoms with Crippen LogP contribution in [0.1, 0.15) is 79.1 Å². The van der Waals surface area contributed by atoms with Crippen molar-refractivity contribution in [2.75, 3.05) is 13.1 Å². The van der Waals surface area contributed by atoms with Crippen LogP contribution in [0.4, 0.5) is 0 Å². The van der Waals surface area contributed by atoms with Crippen LogP contribution in [0.5, 0.6) is 0 Å². The van der Waals surface area contributed by atoms with E-state index in [4.69, 9.17) is 4.74 Å². The lowest BCUT2D eigenvalue weighted by molar-refractivity contribution is -0.158. The zero-order valence-corrected chi connectivity index (χ0v) is 21.5. The fraction of sp³-hybridized carbons (Fsp3) is 0.786. The second kappa shape index (κ2) is 12.3. The summed E-state index contributed by atoms with van der Waals surface area (Å²) in [6, 6.07) is 0. The van der Waals surface area contributed by atoms with Crippen molar-refractivity contribution < 1.29 is 24.5 Å². The second-order valence-electron chi connectivity index (χ2n) is 11.0. The molecule has 3 aliphatic rings. The molecule has 0 radical (unpaired) electrons. The first-order valence-corrected chi connectivity index (χ1v) is 13.4. The van der Waals surface area contributed by atoms with Gasteiger partial charge in [0.15, 0.2) is 0 Å². The molecular weight excluding hydrogens is 430 g/mol. The Kier molecular flexibility index (Phi) is 9.78. The van der Waals surface area contributed by atoms with E-state index in [1.54, 1.807) is 0 Å². The number of hydrogen-bond donors (Lipinski definition) is 2. The van der Waals surface area contributed by atoms with E-state index in [0.29, 0.717) is 18.3 Å². The third-order valence-corrected chi connectivity index (χ3v) is 8.12. The molecule has 1 heterocycles. The van der Waals surface area contributed by atoms with Crippen LogP contribution >= 0.6 is 0 Å². The molecule has 192 valence electrons. The molecule has 6 nitrogen and oxygen atoms in total. The lowest BCUT2D eigenvalue weighted by Crippen LogP contribution is -2.41. The average Bonchev–Trinajstić information content (AvgIpc) is 3.33.